The van der Waals surface area contributed by atoms with Crippen LogP contribution in [-0.4, -0.2) is 15.5 Å². The number of aromatic nitrogens is 2. The van der Waals surface area contributed by atoms with Crippen molar-refractivity contribution in [2.75, 3.05) is 0 Å². The Morgan fingerprint density at radius 1 is 1.05 bits per heavy atom. The van der Waals surface area contributed by atoms with Gasteiger partial charge in [-0.3, -0.25) is 0 Å². The van der Waals surface area contributed by atoms with Crippen molar-refractivity contribution >= 4 is 0 Å². The number of hydrogen-bond donors (Lipinski definition) is 1. The van der Waals surface area contributed by atoms with Gasteiger partial charge in [0, 0.05) is 23.3 Å². The lowest BCUT2D eigenvalue weighted by Crippen LogP contribution is -2.35. The minimum Gasteiger partial charge on any atom is -0.306 e. The molecule has 0 radical (unpaired) electrons. The van der Waals surface area contributed by atoms with E-state index < -0.39 is 0 Å². The smallest absolute Gasteiger partial charge is 0.159 e. The van der Waals surface area contributed by atoms with Crippen molar-refractivity contribution in [2.45, 2.75) is 46.7 Å². The summed E-state index contributed by atoms with van der Waals surface area (Å²) in [6, 6.07) is 10.3. The Morgan fingerprint density at radius 2 is 1.75 bits per heavy atom. The molecule has 1 N–H and O–H groups in total. The minimum atomic E-state index is 0.0850. The minimum absolute atomic E-state index is 0.0850. The second-order valence-electron chi connectivity index (χ2n) is 6.24. The summed E-state index contributed by atoms with van der Waals surface area (Å²) in [5.41, 5.74) is 4.43. The lowest BCUT2D eigenvalue weighted by atomic mass is 10.1. The van der Waals surface area contributed by atoms with Gasteiger partial charge in [-0.1, -0.05) is 24.3 Å². The van der Waals surface area contributed by atoms with Gasteiger partial charge in [0.1, 0.15) is 0 Å². The molecule has 1 aromatic heterocycles. The quantitative estimate of drug-likeness (QED) is 0.924. The zero-order valence-corrected chi connectivity index (χ0v) is 13.0. The molecule has 1 heterocycles. The SMILES string of the molecule is Cc1cc(CNC(C)(C)C)nc(-c2ccccc2C)n1. The predicted molar refractivity (Wildman–Crippen MR) is 83.5 cm³/mol. The number of nitrogens with zero attached hydrogens (tertiary/aromatic N) is 2. The molecule has 2 aromatic rings. The Morgan fingerprint density at radius 3 is 2.40 bits per heavy atom. The highest BCUT2D eigenvalue weighted by Gasteiger charge is 2.11. The van der Waals surface area contributed by atoms with Crippen LogP contribution >= 0.6 is 0 Å². The van der Waals surface area contributed by atoms with E-state index in [1.807, 2.05) is 25.1 Å². The maximum absolute atomic E-state index is 4.69. The molecule has 1 aromatic carbocycles. The van der Waals surface area contributed by atoms with E-state index in [1.165, 1.54) is 5.56 Å². The molecule has 0 saturated heterocycles. The highest BCUT2D eigenvalue weighted by atomic mass is 15.0. The zero-order valence-electron chi connectivity index (χ0n) is 13.0. The number of benzene rings is 1. The average Bonchev–Trinajstić information content (AvgIpc) is 2.35. The summed E-state index contributed by atoms with van der Waals surface area (Å²) in [5, 5.41) is 3.47. The van der Waals surface area contributed by atoms with Gasteiger partial charge in [-0.2, -0.15) is 0 Å². The standard InChI is InChI=1S/C17H23N3/c1-12-8-6-7-9-15(12)16-19-13(2)10-14(20-16)11-18-17(3,4)5/h6-10,18H,11H2,1-5H3. The summed E-state index contributed by atoms with van der Waals surface area (Å²) >= 11 is 0. The van der Waals surface area contributed by atoms with Gasteiger partial charge < -0.3 is 5.32 Å². The Hall–Kier alpha value is -1.74. The summed E-state index contributed by atoms with van der Waals surface area (Å²) in [6.45, 7) is 11.3. The molecule has 0 atom stereocenters. The average molecular weight is 269 g/mol. The molecule has 20 heavy (non-hydrogen) atoms. The molecule has 0 fully saturated rings. The first kappa shape index (κ1) is 14.7. The molecule has 3 heteroatoms. The molecule has 2 rings (SSSR count). The van der Waals surface area contributed by atoms with Gasteiger partial charge in [-0.25, -0.2) is 9.97 Å². The van der Waals surface area contributed by atoms with Crippen LogP contribution in [0, 0.1) is 13.8 Å². The lowest BCUT2D eigenvalue weighted by molar-refractivity contribution is 0.421. The van der Waals surface area contributed by atoms with Crippen LogP contribution < -0.4 is 5.32 Å². The third-order valence-corrected chi connectivity index (χ3v) is 3.09. The molecule has 3 nitrogen and oxygen atoms in total. The molecule has 0 aliphatic carbocycles. The summed E-state index contributed by atoms with van der Waals surface area (Å²) in [4.78, 5) is 9.26. The van der Waals surface area contributed by atoms with E-state index in [9.17, 15) is 0 Å². The number of hydrogen-bond acceptors (Lipinski definition) is 3. The highest BCUT2D eigenvalue weighted by Crippen LogP contribution is 2.20. The molecule has 106 valence electrons. The Kier molecular flexibility index (Phi) is 4.19. The Bertz CT molecular complexity index is 597. The van der Waals surface area contributed by atoms with Gasteiger partial charge in [0.2, 0.25) is 0 Å². The van der Waals surface area contributed by atoms with Crippen molar-refractivity contribution in [1.82, 2.24) is 15.3 Å². The van der Waals surface area contributed by atoms with Crippen LogP contribution in [0.15, 0.2) is 30.3 Å². The van der Waals surface area contributed by atoms with E-state index in [-0.39, 0.29) is 5.54 Å². The van der Waals surface area contributed by atoms with E-state index in [0.717, 1.165) is 29.3 Å². The van der Waals surface area contributed by atoms with Gasteiger partial charge in [-0.15, -0.1) is 0 Å². The van der Waals surface area contributed by atoms with Crippen LogP contribution in [0.5, 0.6) is 0 Å². The zero-order chi connectivity index (χ0) is 14.8. The van der Waals surface area contributed by atoms with Crippen molar-refractivity contribution in [2.24, 2.45) is 0 Å². The molecule has 0 aliphatic rings. The number of aryl methyl sites for hydroxylation is 2. The maximum atomic E-state index is 4.69. The molecule has 0 aliphatic heterocycles. The fourth-order valence-electron chi connectivity index (χ4n) is 2.02. The van der Waals surface area contributed by atoms with E-state index in [0.29, 0.717) is 0 Å². The number of nitrogens with one attached hydrogen (secondary N) is 1. The summed E-state index contributed by atoms with van der Waals surface area (Å²) < 4.78 is 0. The normalized spacial score (nSPS) is 11.7. The molecular weight excluding hydrogens is 246 g/mol. The van der Waals surface area contributed by atoms with E-state index in [2.05, 4.69) is 50.1 Å². The van der Waals surface area contributed by atoms with Crippen LogP contribution in [0.4, 0.5) is 0 Å². The lowest BCUT2D eigenvalue weighted by Gasteiger charge is -2.20. The third kappa shape index (κ3) is 3.87. The highest BCUT2D eigenvalue weighted by molar-refractivity contribution is 5.59. The van der Waals surface area contributed by atoms with Gasteiger partial charge in [0.05, 0.1) is 5.69 Å². The second kappa shape index (κ2) is 5.71. The Labute approximate surface area is 121 Å². The fraction of sp³-hybridized carbons (Fsp3) is 0.412. The van der Waals surface area contributed by atoms with Crippen LogP contribution in [0.25, 0.3) is 11.4 Å². The Balaban J connectivity index is 2.32. The molecule has 0 bridgehead atoms. The number of rotatable bonds is 3. The fourth-order valence-corrected chi connectivity index (χ4v) is 2.02. The van der Waals surface area contributed by atoms with Crippen molar-refractivity contribution in [3.63, 3.8) is 0 Å². The second-order valence-corrected chi connectivity index (χ2v) is 6.24. The third-order valence-electron chi connectivity index (χ3n) is 3.09. The first-order valence-corrected chi connectivity index (χ1v) is 7.01. The van der Waals surface area contributed by atoms with E-state index in [1.54, 1.807) is 0 Å². The van der Waals surface area contributed by atoms with Crippen LogP contribution in [0.2, 0.25) is 0 Å². The summed E-state index contributed by atoms with van der Waals surface area (Å²) in [7, 11) is 0. The molecule has 0 amide bonds. The molecular formula is C17H23N3. The topological polar surface area (TPSA) is 37.8 Å². The van der Waals surface area contributed by atoms with Gasteiger partial charge >= 0.3 is 0 Å². The molecule has 0 saturated carbocycles. The van der Waals surface area contributed by atoms with Crippen molar-refractivity contribution in [1.29, 1.82) is 0 Å². The monoisotopic (exact) mass is 269 g/mol. The van der Waals surface area contributed by atoms with Crippen molar-refractivity contribution in [3.8, 4) is 11.4 Å². The van der Waals surface area contributed by atoms with E-state index in [4.69, 9.17) is 4.98 Å². The molecule has 0 unspecified atom stereocenters. The first-order valence-electron chi connectivity index (χ1n) is 7.01. The van der Waals surface area contributed by atoms with Crippen molar-refractivity contribution in [3.05, 3.63) is 47.3 Å². The predicted octanol–water partition coefficient (Wildman–Crippen LogP) is 3.65. The van der Waals surface area contributed by atoms with Gasteiger partial charge in [0.15, 0.2) is 5.82 Å². The summed E-state index contributed by atoms with van der Waals surface area (Å²) in [5.74, 6) is 0.814. The summed E-state index contributed by atoms with van der Waals surface area (Å²) in [6.07, 6.45) is 0. The van der Waals surface area contributed by atoms with Crippen molar-refractivity contribution < 1.29 is 0 Å². The van der Waals surface area contributed by atoms with Crippen LogP contribution in [0.1, 0.15) is 37.7 Å². The first-order chi connectivity index (χ1) is 9.35. The molecule has 0 spiro atoms. The van der Waals surface area contributed by atoms with Gasteiger partial charge in [0.25, 0.3) is 0 Å². The van der Waals surface area contributed by atoms with E-state index >= 15 is 0 Å². The maximum Gasteiger partial charge on any atom is 0.159 e. The van der Waals surface area contributed by atoms with Crippen LogP contribution in [-0.2, 0) is 6.54 Å². The van der Waals surface area contributed by atoms with Gasteiger partial charge in [-0.05, 0) is 46.2 Å². The largest absolute Gasteiger partial charge is 0.306 e. The van der Waals surface area contributed by atoms with Crippen LogP contribution in [0.3, 0.4) is 0 Å².